The lowest BCUT2D eigenvalue weighted by atomic mass is 10.0. The number of hydrogen-bond donors (Lipinski definition) is 1. The first-order valence-electron chi connectivity index (χ1n) is 7.38. The Morgan fingerprint density at radius 1 is 1.09 bits per heavy atom. The molecule has 1 atom stereocenters. The molecule has 0 aliphatic heterocycles. The van der Waals surface area contributed by atoms with Crippen LogP contribution in [0.25, 0.3) is 10.9 Å². The first kappa shape index (κ1) is 14.3. The third-order valence-corrected chi connectivity index (χ3v) is 3.64. The van der Waals surface area contributed by atoms with Gasteiger partial charge in [-0.3, -0.25) is 9.78 Å². The SMILES string of the molecule is CC(=O)CC(Nc1ccc2ncccc2c1)c1ccccc1. The van der Waals surface area contributed by atoms with Crippen molar-refractivity contribution in [3.05, 3.63) is 72.4 Å². The van der Waals surface area contributed by atoms with E-state index >= 15 is 0 Å². The van der Waals surface area contributed by atoms with E-state index in [2.05, 4.69) is 16.4 Å². The summed E-state index contributed by atoms with van der Waals surface area (Å²) in [4.78, 5) is 15.9. The Morgan fingerprint density at radius 2 is 1.91 bits per heavy atom. The fraction of sp³-hybridized carbons (Fsp3) is 0.158. The molecule has 0 fully saturated rings. The van der Waals surface area contributed by atoms with E-state index in [1.807, 2.05) is 54.6 Å². The lowest BCUT2D eigenvalue weighted by Crippen LogP contribution is -2.14. The molecule has 2 aromatic carbocycles. The number of aromatic nitrogens is 1. The highest BCUT2D eigenvalue weighted by atomic mass is 16.1. The molecule has 1 unspecified atom stereocenters. The van der Waals surface area contributed by atoms with Crippen molar-refractivity contribution in [3.63, 3.8) is 0 Å². The Kier molecular flexibility index (Phi) is 4.15. The number of pyridine rings is 1. The number of rotatable bonds is 5. The second kappa shape index (κ2) is 6.39. The number of carbonyl (C=O) groups excluding carboxylic acids is 1. The van der Waals surface area contributed by atoms with Crippen LogP contribution in [-0.4, -0.2) is 10.8 Å². The monoisotopic (exact) mass is 290 g/mol. The molecule has 110 valence electrons. The molecule has 0 spiro atoms. The van der Waals surface area contributed by atoms with Crippen molar-refractivity contribution in [2.75, 3.05) is 5.32 Å². The van der Waals surface area contributed by atoms with Gasteiger partial charge in [0.05, 0.1) is 11.6 Å². The summed E-state index contributed by atoms with van der Waals surface area (Å²) in [5.74, 6) is 0.170. The van der Waals surface area contributed by atoms with Crippen molar-refractivity contribution in [3.8, 4) is 0 Å². The molecule has 0 saturated heterocycles. The Morgan fingerprint density at radius 3 is 2.68 bits per heavy atom. The Bertz CT molecular complexity index is 784. The van der Waals surface area contributed by atoms with E-state index in [9.17, 15) is 4.79 Å². The molecule has 0 radical (unpaired) electrons. The van der Waals surface area contributed by atoms with E-state index in [1.165, 1.54) is 0 Å². The summed E-state index contributed by atoms with van der Waals surface area (Å²) >= 11 is 0. The van der Waals surface area contributed by atoms with Crippen molar-refractivity contribution in [2.45, 2.75) is 19.4 Å². The zero-order valence-electron chi connectivity index (χ0n) is 12.5. The number of nitrogens with zero attached hydrogens (tertiary/aromatic N) is 1. The van der Waals surface area contributed by atoms with Gasteiger partial charge in [0, 0.05) is 23.7 Å². The van der Waals surface area contributed by atoms with E-state index in [0.717, 1.165) is 22.2 Å². The van der Waals surface area contributed by atoms with Gasteiger partial charge in [-0.05, 0) is 36.8 Å². The number of benzene rings is 2. The molecular formula is C19H18N2O. The van der Waals surface area contributed by atoms with E-state index < -0.39 is 0 Å². The quantitative estimate of drug-likeness (QED) is 0.758. The molecule has 0 aliphatic rings. The molecule has 22 heavy (non-hydrogen) atoms. The van der Waals surface area contributed by atoms with E-state index in [0.29, 0.717) is 6.42 Å². The highest BCUT2D eigenvalue weighted by Crippen LogP contribution is 2.25. The first-order chi connectivity index (χ1) is 10.7. The number of anilines is 1. The maximum atomic E-state index is 11.6. The summed E-state index contributed by atoms with van der Waals surface area (Å²) in [5, 5.41) is 4.56. The first-order valence-corrected chi connectivity index (χ1v) is 7.38. The predicted molar refractivity (Wildman–Crippen MR) is 89.8 cm³/mol. The summed E-state index contributed by atoms with van der Waals surface area (Å²) in [6.07, 6.45) is 2.26. The average molecular weight is 290 g/mol. The van der Waals surface area contributed by atoms with E-state index in [4.69, 9.17) is 0 Å². The topological polar surface area (TPSA) is 42.0 Å². The van der Waals surface area contributed by atoms with Gasteiger partial charge in [0.25, 0.3) is 0 Å². The van der Waals surface area contributed by atoms with E-state index in [1.54, 1.807) is 13.1 Å². The zero-order chi connectivity index (χ0) is 15.4. The zero-order valence-corrected chi connectivity index (χ0v) is 12.5. The van der Waals surface area contributed by atoms with Crippen LogP contribution in [0.15, 0.2) is 66.9 Å². The Balaban J connectivity index is 1.89. The van der Waals surface area contributed by atoms with Gasteiger partial charge in [0.15, 0.2) is 0 Å². The van der Waals surface area contributed by atoms with Gasteiger partial charge >= 0.3 is 0 Å². The fourth-order valence-corrected chi connectivity index (χ4v) is 2.59. The highest BCUT2D eigenvalue weighted by Gasteiger charge is 2.13. The van der Waals surface area contributed by atoms with Crippen LogP contribution in [0.3, 0.4) is 0 Å². The van der Waals surface area contributed by atoms with Crippen LogP contribution in [-0.2, 0) is 4.79 Å². The lowest BCUT2D eigenvalue weighted by Gasteiger charge is -2.19. The molecule has 3 heteroatoms. The van der Waals surface area contributed by atoms with Crippen molar-refractivity contribution < 1.29 is 4.79 Å². The fourth-order valence-electron chi connectivity index (χ4n) is 2.59. The number of hydrogen-bond acceptors (Lipinski definition) is 3. The molecule has 3 nitrogen and oxygen atoms in total. The minimum Gasteiger partial charge on any atom is -0.378 e. The van der Waals surface area contributed by atoms with Crippen LogP contribution in [0, 0.1) is 0 Å². The third-order valence-electron chi connectivity index (χ3n) is 3.64. The summed E-state index contributed by atoms with van der Waals surface area (Å²) < 4.78 is 0. The molecule has 1 aromatic heterocycles. The second-order valence-electron chi connectivity index (χ2n) is 5.42. The van der Waals surface area contributed by atoms with Gasteiger partial charge in [-0.2, -0.15) is 0 Å². The third kappa shape index (κ3) is 3.31. The van der Waals surface area contributed by atoms with Gasteiger partial charge in [-0.25, -0.2) is 0 Å². The molecule has 0 amide bonds. The normalized spacial score (nSPS) is 12.0. The van der Waals surface area contributed by atoms with Crippen LogP contribution in [0.4, 0.5) is 5.69 Å². The van der Waals surface area contributed by atoms with Crippen LogP contribution in [0.2, 0.25) is 0 Å². The van der Waals surface area contributed by atoms with Gasteiger partial charge < -0.3 is 5.32 Å². The molecule has 1 N–H and O–H groups in total. The summed E-state index contributed by atoms with van der Waals surface area (Å²) in [6, 6.07) is 20.1. The summed E-state index contributed by atoms with van der Waals surface area (Å²) in [6.45, 7) is 1.63. The summed E-state index contributed by atoms with van der Waals surface area (Å²) in [7, 11) is 0. The van der Waals surface area contributed by atoms with Crippen molar-refractivity contribution in [1.82, 2.24) is 4.98 Å². The van der Waals surface area contributed by atoms with Gasteiger partial charge in [-0.1, -0.05) is 36.4 Å². The molecule has 0 bridgehead atoms. The number of nitrogens with one attached hydrogen (secondary N) is 1. The standard InChI is InChI=1S/C19H18N2O/c1-14(22)12-19(15-6-3-2-4-7-15)21-17-9-10-18-16(13-17)8-5-11-20-18/h2-11,13,19,21H,12H2,1H3. The van der Waals surface area contributed by atoms with Crippen LogP contribution >= 0.6 is 0 Å². The molecule has 0 saturated carbocycles. The van der Waals surface area contributed by atoms with Gasteiger partial charge in [-0.15, -0.1) is 0 Å². The number of fused-ring (bicyclic) bond motifs is 1. The van der Waals surface area contributed by atoms with Crippen molar-refractivity contribution in [2.24, 2.45) is 0 Å². The molecule has 1 heterocycles. The molecular weight excluding hydrogens is 272 g/mol. The highest BCUT2D eigenvalue weighted by molar-refractivity contribution is 5.82. The molecule has 3 aromatic rings. The van der Waals surface area contributed by atoms with Crippen molar-refractivity contribution >= 4 is 22.4 Å². The molecule has 3 rings (SSSR count). The largest absolute Gasteiger partial charge is 0.378 e. The number of Topliss-reactive ketones (excluding diaryl/α,β-unsaturated/α-hetero) is 1. The van der Waals surface area contributed by atoms with Crippen LogP contribution in [0.1, 0.15) is 24.9 Å². The van der Waals surface area contributed by atoms with Gasteiger partial charge in [0.1, 0.15) is 5.78 Å². The lowest BCUT2D eigenvalue weighted by molar-refractivity contribution is -0.117. The summed E-state index contributed by atoms with van der Waals surface area (Å²) in [5.41, 5.74) is 3.08. The average Bonchev–Trinajstić information content (AvgIpc) is 2.54. The van der Waals surface area contributed by atoms with E-state index in [-0.39, 0.29) is 11.8 Å². The van der Waals surface area contributed by atoms with Crippen LogP contribution < -0.4 is 5.32 Å². The number of ketones is 1. The van der Waals surface area contributed by atoms with Crippen LogP contribution in [0.5, 0.6) is 0 Å². The predicted octanol–water partition coefficient (Wildman–Crippen LogP) is 4.37. The maximum Gasteiger partial charge on any atom is 0.132 e. The smallest absolute Gasteiger partial charge is 0.132 e. The second-order valence-corrected chi connectivity index (χ2v) is 5.42. The Hall–Kier alpha value is -2.68. The van der Waals surface area contributed by atoms with Gasteiger partial charge in [0.2, 0.25) is 0 Å². The Labute approximate surface area is 130 Å². The number of carbonyl (C=O) groups is 1. The maximum absolute atomic E-state index is 11.6. The minimum atomic E-state index is -0.0205. The minimum absolute atomic E-state index is 0.0205. The molecule has 0 aliphatic carbocycles. The van der Waals surface area contributed by atoms with Crippen molar-refractivity contribution in [1.29, 1.82) is 0 Å².